The molecule has 7 heteroatoms. The largest absolute Gasteiger partial charge is 0.480 e. The van der Waals surface area contributed by atoms with Gasteiger partial charge in [-0.1, -0.05) is 19.3 Å². The third-order valence-electron chi connectivity index (χ3n) is 3.08. The molecule has 1 aliphatic carbocycles. The maximum Gasteiger partial charge on any atom is 0.317 e. The number of carboxylic acids is 1. The smallest absolute Gasteiger partial charge is 0.317 e. The van der Waals surface area contributed by atoms with Gasteiger partial charge in [-0.2, -0.15) is 0 Å². The summed E-state index contributed by atoms with van der Waals surface area (Å²) in [5.41, 5.74) is 5.02. The van der Waals surface area contributed by atoms with Crippen molar-refractivity contribution in [3.05, 3.63) is 0 Å². The maximum atomic E-state index is 11.8. The minimum absolute atomic E-state index is 0.119. The Labute approximate surface area is 112 Å². The standard InChI is InChI=1S/C12H21N3O4/c13-10(16)6-15(8-12(18)19)7-11(17)14-9-4-2-1-3-5-9/h9H,1-8H2,(H2,13,16)(H,14,17)(H,18,19). The molecule has 19 heavy (non-hydrogen) atoms. The lowest BCUT2D eigenvalue weighted by Gasteiger charge is -2.24. The maximum absolute atomic E-state index is 11.8. The van der Waals surface area contributed by atoms with Crippen LogP contribution in [0.2, 0.25) is 0 Å². The van der Waals surface area contributed by atoms with Gasteiger partial charge >= 0.3 is 5.97 Å². The van der Waals surface area contributed by atoms with Crippen molar-refractivity contribution in [3.63, 3.8) is 0 Å². The fourth-order valence-corrected chi connectivity index (χ4v) is 2.30. The van der Waals surface area contributed by atoms with E-state index < -0.39 is 11.9 Å². The Morgan fingerprint density at radius 3 is 2.26 bits per heavy atom. The topological polar surface area (TPSA) is 113 Å². The van der Waals surface area contributed by atoms with Crippen molar-refractivity contribution >= 4 is 17.8 Å². The van der Waals surface area contributed by atoms with E-state index in [0.29, 0.717) is 0 Å². The van der Waals surface area contributed by atoms with Crippen LogP contribution in [0.15, 0.2) is 0 Å². The van der Waals surface area contributed by atoms with Gasteiger partial charge in [0.2, 0.25) is 11.8 Å². The molecule has 1 aliphatic rings. The van der Waals surface area contributed by atoms with Gasteiger partial charge in [-0.05, 0) is 12.8 Å². The number of nitrogens with two attached hydrogens (primary N) is 1. The zero-order valence-corrected chi connectivity index (χ0v) is 10.9. The van der Waals surface area contributed by atoms with E-state index in [1.165, 1.54) is 11.3 Å². The monoisotopic (exact) mass is 271 g/mol. The van der Waals surface area contributed by atoms with Gasteiger partial charge in [0.05, 0.1) is 19.6 Å². The number of carbonyl (C=O) groups excluding carboxylic acids is 2. The Morgan fingerprint density at radius 1 is 1.11 bits per heavy atom. The van der Waals surface area contributed by atoms with Crippen LogP contribution in [0.4, 0.5) is 0 Å². The first-order valence-corrected chi connectivity index (χ1v) is 6.49. The molecule has 108 valence electrons. The molecule has 4 N–H and O–H groups in total. The average molecular weight is 271 g/mol. The second-order valence-corrected chi connectivity index (χ2v) is 4.91. The number of hydrogen-bond acceptors (Lipinski definition) is 4. The summed E-state index contributed by atoms with van der Waals surface area (Å²) in [5, 5.41) is 11.6. The van der Waals surface area contributed by atoms with Crippen molar-refractivity contribution in [2.45, 2.75) is 38.1 Å². The first kappa shape index (κ1) is 15.4. The number of nitrogens with one attached hydrogen (secondary N) is 1. The van der Waals surface area contributed by atoms with E-state index in [1.54, 1.807) is 0 Å². The number of primary amides is 1. The molecule has 0 heterocycles. The SMILES string of the molecule is NC(=O)CN(CC(=O)O)CC(=O)NC1CCCCC1. The van der Waals surface area contributed by atoms with Gasteiger partial charge in [0.1, 0.15) is 0 Å². The first-order chi connectivity index (χ1) is 8.97. The van der Waals surface area contributed by atoms with Crippen LogP contribution in [0.1, 0.15) is 32.1 Å². The summed E-state index contributed by atoms with van der Waals surface area (Å²) in [7, 11) is 0. The van der Waals surface area contributed by atoms with Crippen molar-refractivity contribution in [2.75, 3.05) is 19.6 Å². The molecule has 1 fully saturated rings. The van der Waals surface area contributed by atoms with Gasteiger partial charge in [0.15, 0.2) is 0 Å². The molecule has 0 saturated heterocycles. The van der Waals surface area contributed by atoms with E-state index in [0.717, 1.165) is 25.7 Å². The van der Waals surface area contributed by atoms with Crippen molar-refractivity contribution in [3.8, 4) is 0 Å². The lowest BCUT2D eigenvalue weighted by atomic mass is 9.95. The molecule has 0 aromatic carbocycles. The quantitative estimate of drug-likeness (QED) is 0.567. The van der Waals surface area contributed by atoms with Crippen LogP contribution in [0.5, 0.6) is 0 Å². The second kappa shape index (κ2) is 7.73. The number of carbonyl (C=O) groups is 3. The Hall–Kier alpha value is -1.63. The molecule has 2 amide bonds. The van der Waals surface area contributed by atoms with Crippen LogP contribution in [-0.2, 0) is 14.4 Å². The summed E-state index contributed by atoms with van der Waals surface area (Å²) in [4.78, 5) is 34.5. The Balaban J connectivity index is 2.40. The summed E-state index contributed by atoms with van der Waals surface area (Å²) >= 11 is 0. The van der Waals surface area contributed by atoms with Crippen molar-refractivity contribution < 1.29 is 19.5 Å². The number of carboxylic acid groups (broad SMARTS) is 1. The van der Waals surface area contributed by atoms with E-state index in [4.69, 9.17) is 10.8 Å². The van der Waals surface area contributed by atoms with E-state index in [1.807, 2.05) is 0 Å². The number of rotatable bonds is 7. The van der Waals surface area contributed by atoms with Gasteiger partial charge in [-0.15, -0.1) is 0 Å². The lowest BCUT2D eigenvalue weighted by Crippen LogP contribution is -2.46. The molecule has 0 spiro atoms. The number of amides is 2. The molecule has 0 atom stereocenters. The van der Waals surface area contributed by atoms with E-state index in [2.05, 4.69) is 5.32 Å². The third kappa shape index (κ3) is 6.76. The van der Waals surface area contributed by atoms with Crippen molar-refractivity contribution in [1.29, 1.82) is 0 Å². The molecular weight excluding hydrogens is 250 g/mol. The highest BCUT2D eigenvalue weighted by Crippen LogP contribution is 2.17. The van der Waals surface area contributed by atoms with Crippen LogP contribution >= 0.6 is 0 Å². The zero-order valence-electron chi connectivity index (χ0n) is 10.9. The molecule has 0 radical (unpaired) electrons. The number of hydrogen-bond donors (Lipinski definition) is 3. The van der Waals surface area contributed by atoms with Crippen LogP contribution in [0.3, 0.4) is 0 Å². The highest BCUT2D eigenvalue weighted by Gasteiger charge is 2.19. The summed E-state index contributed by atoms with van der Waals surface area (Å²) in [6.45, 7) is -0.725. The summed E-state index contributed by atoms with van der Waals surface area (Å²) < 4.78 is 0. The van der Waals surface area contributed by atoms with E-state index in [9.17, 15) is 14.4 Å². The predicted octanol–water partition coefficient (Wildman–Crippen LogP) is -0.693. The average Bonchev–Trinajstić information content (AvgIpc) is 2.27. The Bertz CT molecular complexity index is 324. The van der Waals surface area contributed by atoms with Gasteiger partial charge in [-0.25, -0.2) is 0 Å². The highest BCUT2D eigenvalue weighted by molar-refractivity contribution is 5.81. The van der Waals surface area contributed by atoms with Crippen LogP contribution in [-0.4, -0.2) is 53.5 Å². The molecule has 0 unspecified atom stereocenters. The third-order valence-corrected chi connectivity index (χ3v) is 3.08. The normalized spacial score (nSPS) is 16.3. The molecule has 1 rings (SSSR count). The minimum atomic E-state index is -1.09. The Kier molecular flexibility index (Phi) is 6.27. The fraction of sp³-hybridized carbons (Fsp3) is 0.750. The minimum Gasteiger partial charge on any atom is -0.480 e. The molecule has 1 saturated carbocycles. The van der Waals surface area contributed by atoms with Crippen molar-refractivity contribution in [2.24, 2.45) is 5.73 Å². The molecule has 0 bridgehead atoms. The summed E-state index contributed by atoms with van der Waals surface area (Å²) in [6.07, 6.45) is 5.32. The van der Waals surface area contributed by atoms with Gasteiger partial charge in [0, 0.05) is 6.04 Å². The van der Waals surface area contributed by atoms with Crippen LogP contribution < -0.4 is 11.1 Å². The van der Waals surface area contributed by atoms with Gasteiger partial charge < -0.3 is 16.2 Å². The van der Waals surface area contributed by atoms with E-state index in [-0.39, 0.29) is 31.6 Å². The summed E-state index contributed by atoms with van der Waals surface area (Å²) in [5.74, 6) is -1.99. The van der Waals surface area contributed by atoms with Gasteiger partial charge in [-0.3, -0.25) is 19.3 Å². The van der Waals surface area contributed by atoms with Crippen LogP contribution in [0.25, 0.3) is 0 Å². The van der Waals surface area contributed by atoms with Crippen molar-refractivity contribution in [1.82, 2.24) is 10.2 Å². The summed E-state index contributed by atoms with van der Waals surface area (Å²) in [6, 6.07) is 0.168. The fourth-order valence-electron chi connectivity index (χ4n) is 2.30. The number of nitrogens with zero attached hydrogens (tertiary/aromatic N) is 1. The first-order valence-electron chi connectivity index (χ1n) is 6.49. The zero-order chi connectivity index (χ0) is 14.3. The Morgan fingerprint density at radius 2 is 1.74 bits per heavy atom. The predicted molar refractivity (Wildman–Crippen MR) is 68.3 cm³/mol. The molecule has 0 aliphatic heterocycles. The van der Waals surface area contributed by atoms with Crippen LogP contribution in [0, 0.1) is 0 Å². The van der Waals surface area contributed by atoms with E-state index >= 15 is 0 Å². The second-order valence-electron chi connectivity index (χ2n) is 4.91. The molecule has 7 nitrogen and oxygen atoms in total. The molecule has 0 aromatic rings. The highest BCUT2D eigenvalue weighted by atomic mass is 16.4. The number of aliphatic carboxylic acids is 1. The molecular formula is C12H21N3O4. The lowest BCUT2D eigenvalue weighted by molar-refractivity contribution is -0.139. The molecule has 0 aromatic heterocycles. The van der Waals surface area contributed by atoms with Gasteiger partial charge in [0.25, 0.3) is 0 Å².